The van der Waals surface area contributed by atoms with Gasteiger partial charge < -0.3 is 9.47 Å². The molecule has 0 amide bonds. The normalized spacial score (nSPS) is 15.8. The van der Waals surface area contributed by atoms with Gasteiger partial charge in [-0.05, 0) is 39.7 Å². The molecule has 20 heavy (non-hydrogen) atoms. The zero-order chi connectivity index (χ0) is 14.1. The molecule has 1 aliphatic rings. The first-order chi connectivity index (χ1) is 9.65. The largest absolute Gasteiger partial charge is 0.490 e. The van der Waals surface area contributed by atoms with Crippen molar-refractivity contribution in [3.63, 3.8) is 0 Å². The van der Waals surface area contributed by atoms with Crippen LogP contribution >= 0.6 is 50.5 Å². The van der Waals surface area contributed by atoms with Gasteiger partial charge >= 0.3 is 0 Å². The van der Waals surface area contributed by atoms with Crippen molar-refractivity contribution in [2.45, 2.75) is 11.8 Å². The molecule has 3 rings (SSSR count). The molecule has 1 aromatic carbocycles. The van der Waals surface area contributed by atoms with E-state index < -0.39 is 0 Å². The summed E-state index contributed by atoms with van der Waals surface area (Å²) in [5.74, 6) is 1.40. The van der Waals surface area contributed by atoms with E-state index >= 15 is 0 Å². The standard InChI is InChI=1S/C14H11BrCl2O2S/c15-13-3-2-12(20-13)14(17)8-6-10-11(7-9(8)16)19-5-1-4-18-10/h2-3,6-7,14H,1,4-5H2. The highest BCUT2D eigenvalue weighted by Crippen LogP contribution is 2.43. The van der Waals surface area contributed by atoms with Gasteiger partial charge in [-0.15, -0.1) is 22.9 Å². The number of hydrogen-bond acceptors (Lipinski definition) is 3. The number of thiophene rings is 1. The molecule has 0 bridgehead atoms. The maximum absolute atomic E-state index is 6.54. The number of fused-ring (bicyclic) bond motifs is 1. The number of halogens is 3. The van der Waals surface area contributed by atoms with Crippen LogP contribution in [0.4, 0.5) is 0 Å². The third-order valence-electron chi connectivity index (χ3n) is 2.98. The first kappa shape index (κ1) is 14.5. The van der Waals surface area contributed by atoms with Gasteiger partial charge in [-0.3, -0.25) is 0 Å². The molecule has 0 aliphatic carbocycles. The van der Waals surface area contributed by atoms with Crippen molar-refractivity contribution in [3.8, 4) is 11.5 Å². The lowest BCUT2D eigenvalue weighted by atomic mass is 10.1. The Labute approximate surface area is 139 Å². The molecule has 0 fully saturated rings. The summed E-state index contributed by atoms with van der Waals surface area (Å²) < 4.78 is 12.3. The van der Waals surface area contributed by atoms with Crippen LogP contribution in [0.1, 0.15) is 22.2 Å². The summed E-state index contributed by atoms with van der Waals surface area (Å²) in [4.78, 5) is 1.04. The van der Waals surface area contributed by atoms with Crippen LogP contribution in [0, 0.1) is 0 Å². The molecule has 1 aliphatic heterocycles. The molecular weight excluding hydrogens is 383 g/mol. The second-order valence-electron chi connectivity index (χ2n) is 4.38. The minimum absolute atomic E-state index is 0.295. The third-order valence-corrected chi connectivity index (χ3v) is 5.60. The monoisotopic (exact) mass is 392 g/mol. The summed E-state index contributed by atoms with van der Waals surface area (Å²) in [5, 5.41) is 0.301. The van der Waals surface area contributed by atoms with Crippen molar-refractivity contribution in [1.29, 1.82) is 0 Å². The predicted molar refractivity (Wildman–Crippen MR) is 86.8 cm³/mol. The summed E-state index contributed by atoms with van der Waals surface area (Å²) in [7, 11) is 0. The molecule has 0 radical (unpaired) electrons. The van der Waals surface area contributed by atoms with E-state index in [1.807, 2.05) is 18.2 Å². The number of hydrogen-bond donors (Lipinski definition) is 0. The van der Waals surface area contributed by atoms with Crippen LogP contribution in [0.5, 0.6) is 11.5 Å². The van der Waals surface area contributed by atoms with Gasteiger partial charge in [-0.2, -0.15) is 0 Å². The van der Waals surface area contributed by atoms with Crippen molar-refractivity contribution in [3.05, 3.63) is 43.5 Å². The molecule has 1 unspecified atom stereocenters. The Bertz CT molecular complexity index is 630. The van der Waals surface area contributed by atoms with Crippen molar-refractivity contribution in [2.75, 3.05) is 13.2 Å². The van der Waals surface area contributed by atoms with E-state index in [2.05, 4.69) is 15.9 Å². The van der Waals surface area contributed by atoms with Crippen LogP contribution in [0.2, 0.25) is 5.02 Å². The van der Waals surface area contributed by atoms with E-state index in [1.165, 1.54) is 0 Å². The van der Waals surface area contributed by atoms with E-state index in [0.717, 1.165) is 20.6 Å². The van der Waals surface area contributed by atoms with Crippen molar-refractivity contribution >= 4 is 50.5 Å². The van der Waals surface area contributed by atoms with Crippen LogP contribution in [0.3, 0.4) is 0 Å². The van der Waals surface area contributed by atoms with E-state index in [1.54, 1.807) is 17.4 Å². The van der Waals surface area contributed by atoms with Gasteiger partial charge in [-0.25, -0.2) is 0 Å². The number of ether oxygens (including phenoxy) is 2. The molecule has 0 saturated heterocycles. The van der Waals surface area contributed by atoms with E-state index in [0.29, 0.717) is 29.7 Å². The highest BCUT2D eigenvalue weighted by atomic mass is 79.9. The first-order valence-electron chi connectivity index (χ1n) is 6.13. The van der Waals surface area contributed by atoms with Crippen LogP contribution in [-0.4, -0.2) is 13.2 Å². The second kappa shape index (κ2) is 6.14. The van der Waals surface area contributed by atoms with Gasteiger partial charge in [0, 0.05) is 22.4 Å². The molecular formula is C14H11BrCl2O2S. The van der Waals surface area contributed by atoms with E-state index in [9.17, 15) is 0 Å². The van der Waals surface area contributed by atoms with Gasteiger partial charge in [0.25, 0.3) is 0 Å². The molecule has 0 N–H and O–H groups in total. The average Bonchev–Trinajstić information content (AvgIpc) is 2.73. The van der Waals surface area contributed by atoms with Crippen LogP contribution in [-0.2, 0) is 0 Å². The third kappa shape index (κ3) is 2.93. The van der Waals surface area contributed by atoms with Gasteiger partial charge in [0.15, 0.2) is 11.5 Å². The quantitative estimate of drug-likeness (QED) is 0.613. The molecule has 0 saturated carbocycles. The van der Waals surface area contributed by atoms with Crippen LogP contribution in [0.25, 0.3) is 0 Å². The zero-order valence-electron chi connectivity index (χ0n) is 10.4. The molecule has 106 valence electrons. The fraction of sp³-hybridized carbons (Fsp3) is 0.286. The Morgan fingerprint density at radius 1 is 1.15 bits per heavy atom. The lowest BCUT2D eigenvalue weighted by Crippen LogP contribution is -1.97. The molecule has 2 aromatic rings. The molecule has 2 heterocycles. The fourth-order valence-corrected chi connectivity index (χ4v) is 4.14. The maximum Gasteiger partial charge on any atom is 0.162 e. The maximum atomic E-state index is 6.54. The van der Waals surface area contributed by atoms with Crippen molar-refractivity contribution in [1.82, 2.24) is 0 Å². The van der Waals surface area contributed by atoms with Gasteiger partial charge in [0.2, 0.25) is 0 Å². The summed E-state index contributed by atoms with van der Waals surface area (Å²) in [6, 6.07) is 7.64. The smallest absolute Gasteiger partial charge is 0.162 e. The Morgan fingerprint density at radius 3 is 2.50 bits per heavy atom. The Balaban J connectivity index is 1.99. The van der Waals surface area contributed by atoms with Gasteiger partial charge in [0.1, 0.15) is 0 Å². The molecule has 0 spiro atoms. The fourth-order valence-electron chi connectivity index (χ4n) is 2.01. The zero-order valence-corrected chi connectivity index (χ0v) is 14.3. The predicted octanol–water partition coefficient (Wildman–Crippen LogP) is 5.65. The van der Waals surface area contributed by atoms with E-state index in [4.69, 9.17) is 32.7 Å². The minimum atomic E-state index is -0.295. The minimum Gasteiger partial charge on any atom is -0.490 e. The van der Waals surface area contributed by atoms with E-state index in [-0.39, 0.29) is 5.38 Å². The van der Waals surface area contributed by atoms with Crippen LogP contribution in [0.15, 0.2) is 28.1 Å². The molecule has 1 aromatic heterocycles. The van der Waals surface area contributed by atoms with Gasteiger partial charge in [-0.1, -0.05) is 11.6 Å². The topological polar surface area (TPSA) is 18.5 Å². The molecule has 1 atom stereocenters. The first-order valence-corrected chi connectivity index (χ1v) is 8.56. The number of alkyl halides is 1. The summed E-state index contributed by atoms with van der Waals surface area (Å²) in [5.41, 5.74) is 0.840. The molecule has 6 heteroatoms. The Hall–Kier alpha value is -0.420. The Morgan fingerprint density at radius 2 is 1.85 bits per heavy atom. The molecule has 2 nitrogen and oxygen atoms in total. The summed E-state index contributed by atoms with van der Waals surface area (Å²) in [6.07, 6.45) is 0.865. The van der Waals surface area contributed by atoms with Gasteiger partial charge in [0.05, 0.1) is 22.4 Å². The lowest BCUT2D eigenvalue weighted by Gasteiger charge is -2.14. The SMILES string of the molecule is Clc1cc2c(cc1C(Cl)c1ccc(Br)s1)OCCCO2. The van der Waals surface area contributed by atoms with Crippen molar-refractivity contribution in [2.24, 2.45) is 0 Å². The second-order valence-corrected chi connectivity index (χ2v) is 7.71. The highest BCUT2D eigenvalue weighted by molar-refractivity contribution is 9.11. The highest BCUT2D eigenvalue weighted by Gasteiger charge is 2.21. The number of benzene rings is 1. The summed E-state index contributed by atoms with van der Waals surface area (Å²) >= 11 is 17.9. The summed E-state index contributed by atoms with van der Waals surface area (Å²) in [6.45, 7) is 1.29. The average molecular weight is 394 g/mol. The Kier molecular flexibility index (Phi) is 4.46. The van der Waals surface area contributed by atoms with Crippen molar-refractivity contribution < 1.29 is 9.47 Å². The lowest BCUT2D eigenvalue weighted by molar-refractivity contribution is 0.297. The number of rotatable bonds is 2. The van der Waals surface area contributed by atoms with Crippen LogP contribution < -0.4 is 9.47 Å².